The van der Waals surface area contributed by atoms with Crippen LogP contribution in [0.3, 0.4) is 0 Å². The van der Waals surface area contributed by atoms with Crippen LogP contribution >= 0.6 is 7.60 Å². The van der Waals surface area contributed by atoms with Gasteiger partial charge in [-0.15, -0.1) is 0 Å². The van der Waals surface area contributed by atoms with Crippen LogP contribution in [0.15, 0.2) is 21.9 Å². The highest BCUT2D eigenvalue weighted by Crippen LogP contribution is 2.59. The van der Waals surface area contributed by atoms with Gasteiger partial charge in [-0.1, -0.05) is 13.8 Å². The van der Waals surface area contributed by atoms with Gasteiger partial charge in [-0.3, -0.25) is 13.9 Å². The maximum absolute atomic E-state index is 13.7. The van der Waals surface area contributed by atoms with Crippen molar-refractivity contribution in [2.45, 2.75) is 82.4 Å². The van der Waals surface area contributed by atoms with Gasteiger partial charge in [-0.25, -0.2) is 9.18 Å². The Morgan fingerprint density at radius 2 is 1.91 bits per heavy atom. The molecule has 3 heterocycles. The first-order chi connectivity index (χ1) is 15.6. The number of aliphatic hydroxyl groups excluding tert-OH is 2. The average Bonchev–Trinajstić information content (AvgIpc) is 3.02. The molecule has 1 fully saturated rings. The Morgan fingerprint density at radius 1 is 1.26 bits per heavy atom. The summed E-state index contributed by atoms with van der Waals surface area (Å²) in [5, 5.41) is 29.5. The van der Waals surface area contributed by atoms with Crippen molar-refractivity contribution in [3.63, 3.8) is 0 Å². The van der Waals surface area contributed by atoms with Crippen molar-refractivity contribution in [2.24, 2.45) is 0 Å². The third-order valence-corrected chi connectivity index (χ3v) is 8.55. The molecule has 0 aliphatic carbocycles. The molecular weight excluding hydrogens is 476 g/mol. The van der Waals surface area contributed by atoms with Crippen LogP contribution < -0.4 is 11.2 Å². The molecule has 190 valence electrons. The van der Waals surface area contributed by atoms with Crippen molar-refractivity contribution >= 4 is 18.6 Å². The van der Waals surface area contributed by atoms with Gasteiger partial charge in [0.2, 0.25) is 0 Å². The number of aromatic nitrogens is 3. The average molecular weight is 505 g/mol. The molecule has 0 aromatic carbocycles. The molecule has 1 saturated heterocycles. The second kappa shape index (κ2) is 9.23. The SMILES string of the molecule is CCC(C)(C[C@H]1O[C@@H](n2cc3cc(F)c(=O)[nH]c3nc2=O)[C@@H](O)C1O)OP(=O)(O)C(C)(O)CC. The summed E-state index contributed by atoms with van der Waals surface area (Å²) in [6, 6.07) is 0.868. The summed E-state index contributed by atoms with van der Waals surface area (Å²) in [4.78, 5) is 40.0. The number of nitrogens with zero attached hydrogens (tertiary/aromatic N) is 2. The van der Waals surface area contributed by atoms with E-state index in [1.54, 1.807) is 6.92 Å². The van der Waals surface area contributed by atoms with Gasteiger partial charge < -0.3 is 34.5 Å². The Hall–Kier alpha value is -1.99. The number of hydrogen-bond acceptors (Lipinski definition) is 9. The van der Waals surface area contributed by atoms with E-state index in [1.165, 1.54) is 20.8 Å². The Labute approximate surface area is 193 Å². The van der Waals surface area contributed by atoms with E-state index in [0.717, 1.165) is 16.8 Å². The lowest BCUT2D eigenvalue weighted by Gasteiger charge is -2.37. The molecule has 5 N–H and O–H groups in total. The number of hydrogen-bond donors (Lipinski definition) is 5. The summed E-state index contributed by atoms with van der Waals surface area (Å²) < 4.78 is 38.4. The fourth-order valence-electron chi connectivity index (χ4n) is 3.64. The fraction of sp³-hybridized carbons (Fsp3) is 0.650. The zero-order chi connectivity index (χ0) is 25.6. The van der Waals surface area contributed by atoms with Crippen molar-refractivity contribution in [3.8, 4) is 0 Å². The number of ether oxygens (including phenoxy) is 1. The van der Waals surface area contributed by atoms with Gasteiger partial charge >= 0.3 is 13.3 Å². The number of fused-ring (bicyclic) bond motifs is 1. The third kappa shape index (κ3) is 4.87. The molecule has 4 unspecified atom stereocenters. The molecule has 0 saturated carbocycles. The minimum Gasteiger partial charge on any atom is -0.388 e. The molecule has 12 nitrogen and oxygen atoms in total. The maximum Gasteiger partial charge on any atom is 0.359 e. The molecule has 14 heteroatoms. The van der Waals surface area contributed by atoms with Gasteiger partial charge in [0.25, 0.3) is 5.56 Å². The molecule has 34 heavy (non-hydrogen) atoms. The summed E-state index contributed by atoms with van der Waals surface area (Å²) in [6.07, 6.45) is -4.56. The molecular formula is C20H29FN3O9P. The first-order valence-corrected chi connectivity index (χ1v) is 12.3. The number of nitrogens with one attached hydrogen (secondary N) is 1. The summed E-state index contributed by atoms with van der Waals surface area (Å²) in [5.74, 6) is -1.10. The van der Waals surface area contributed by atoms with E-state index in [1.807, 2.05) is 0 Å². The Morgan fingerprint density at radius 3 is 2.50 bits per heavy atom. The molecule has 0 radical (unpaired) electrons. The van der Waals surface area contributed by atoms with E-state index >= 15 is 0 Å². The number of rotatable bonds is 8. The van der Waals surface area contributed by atoms with Gasteiger partial charge in [0.15, 0.2) is 17.4 Å². The highest BCUT2D eigenvalue weighted by Gasteiger charge is 2.50. The summed E-state index contributed by atoms with van der Waals surface area (Å²) >= 11 is 0. The van der Waals surface area contributed by atoms with E-state index in [4.69, 9.17) is 9.26 Å². The quantitative estimate of drug-likeness (QED) is 0.320. The van der Waals surface area contributed by atoms with E-state index in [-0.39, 0.29) is 30.3 Å². The minimum atomic E-state index is -4.52. The topological polar surface area (TPSA) is 184 Å². The molecule has 3 rings (SSSR count). The van der Waals surface area contributed by atoms with E-state index in [0.29, 0.717) is 0 Å². The van der Waals surface area contributed by atoms with Crippen LogP contribution in [0, 0.1) is 5.82 Å². The van der Waals surface area contributed by atoms with Gasteiger partial charge in [-0.05, 0) is 32.8 Å². The monoisotopic (exact) mass is 505 g/mol. The van der Waals surface area contributed by atoms with Crippen molar-refractivity contribution in [1.82, 2.24) is 14.5 Å². The van der Waals surface area contributed by atoms with Crippen molar-refractivity contribution < 1.29 is 38.4 Å². The first kappa shape index (κ1) is 26.6. The maximum atomic E-state index is 13.7. The smallest absolute Gasteiger partial charge is 0.359 e. The lowest BCUT2D eigenvalue weighted by atomic mass is 9.93. The van der Waals surface area contributed by atoms with Gasteiger partial charge in [0.1, 0.15) is 17.9 Å². The molecule has 0 bridgehead atoms. The first-order valence-electron chi connectivity index (χ1n) is 10.7. The zero-order valence-electron chi connectivity index (χ0n) is 19.1. The number of aromatic amines is 1. The predicted octanol–water partition coefficient (Wildman–Crippen LogP) is 0.722. The standard InChI is InChI=1S/C20H29FN3O9P/c1-5-19(3,33-34(30,31)20(4,29)6-2)8-12-13(25)14(26)17(32-12)24-9-10-7-11(21)16(27)22-15(10)23-18(24)28/h7,9,12-14,17,25-26,29H,5-6,8H2,1-4H3,(H,30,31)(H,22,23,27,28)/t12-,13?,14+,17-,19?,20?/m1/s1. The Kier molecular flexibility index (Phi) is 7.22. The predicted molar refractivity (Wildman–Crippen MR) is 118 cm³/mol. The lowest BCUT2D eigenvalue weighted by Crippen LogP contribution is -2.40. The van der Waals surface area contributed by atoms with Gasteiger partial charge in [-0.2, -0.15) is 4.98 Å². The molecule has 7 atom stereocenters. The Balaban J connectivity index is 1.89. The molecule has 0 spiro atoms. The highest BCUT2D eigenvalue weighted by molar-refractivity contribution is 7.54. The Bertz CT molecular complexity index is 1230. The van der Waals surface area contributed by atoms with E-state index in [9.17, 15) is 38.8 Å². The summed E-state index contributed by atoms with van der Waals surface area (Å²) in [6.45, 7) is 5.88. The second-order valence-corrected chi connectivity index (χ2v) is 11.1. The number of halogens is 1. The van der Waals surface area contributed by atoms with Crippen molar-refractivity contribution in [1.29, 1.82) is 0 Å². The zero-order valence-corrected chi connectivity index (χ0v) is 20.0. The molecule has 2 aromatic heterocycles. The number of aliphatic hydroxyl groups is 3. The van der Waals surface area contributed by atoms with Gasteiger partial charge in [0.05, 0.1) is 11.7 Å². The number of pyridine rings is 1. The summed E-state index contributed by atoms with van der Waals surface area (Å²) in [7, 11) is -4.52. The van der Waals surface area contributed by atoms with Gasteiger partial charge in [0, 0.05) is 18.0 Å². The van der Waals surface area contributed by atoms with Crippen LogP contribution in [0.1, 0.15) is 53.2 Å². The van der Waals surface area contributed by atoms with Crippen LogP contribution in [-0.2, 0) is 13.8 Å². The molecule has 2 aromatic rings. The molecule has 1 aliphatic rings. The molecule has 0 amide bonds. The lowest BCUT2D eigenvalue weighted by molar-refractivity contribution is -0.0712. The van der Waals surface area contributed by atoms with E-state index < -0.39 is 60.1 Å². The van der Waals surface area contributed by atoms with E-state index in [2.05, 4.69) is 9.97 Å². The van der Waals surface area contributed by atoms with Crippen molar-refractivity contribution in [3.05, 3.63) is 38.9 Å². The van der Waals surface area contributed by atoms with Crippen molar-refractivity contribution in [2.75, 3.05) is 0 Å². The minimum absolute atomic E-state index is 0.0480. The highest BCUT2D eigenvalue weighted by atomic mass is 31.2. The van der Waals surface area contributed by atoms with Crippen LogP contribution in [0.2, 0.25) is 0 Å². The fourth-order valence-corrected chi connectivity index (χ4v) is 5.04. The van der Waals surface area contributed by atoms with Crippen LogP contribution in [-0.4, -0.2) is 64.0 Å². The third-order valence-electron chi connectivity index (χ3n) is 6.33. The van der Waals surface area contributed by atoms with Crippen LogP contribution in [0.4, 0.5) is 4.39 Å². The summed E-state index contributed by atoms with van der Waals surface area (Å²) in [5.41, 5.74) is -3.49. The molecule has 1 aliphatic heterocycles. The second-order valence-electron chi connectivity index (χ2n) is 8.92. The largest absolute Gasteiger partial charge is 0.388 e. The van der Waals surface area contributed by atoms with Crippen LogP contribution in [0.25, 0.3) is 11.0 Å². The number of H-pyrrole nitrogens is 1. The normalized spacial score (nSPS) is 28.4. The van der Waals surface area contributed by atoms with Crippen LogP contribution in [0.5, 0.6) is 0 Å².